The molecule has 132 valence electrons. The van der Waals surface area contributed by atoms with E-state index in [0.29, 0.717) is 32.6 Å². The van der Waals surface area contributed by atoms with E-state index in [1.165, 1.54) is 7.11 Å². The fourth-order valence-corrected chi connectivity index (χ4v) is 4.12. The standard InChI is InChI=1S/C16H24N4O3S/c1-23-11-15(22)19-6-3-5-18(8-9-19)14(21)10-13-12-24-16-17-4-2-7-20(13)16/h12H,2-11H2,1H3. The van der Waals surface area contributed by atoms with Gasteiger partial charge in [0.25, 0.3) is 0 Å². The zero-order chi connectivity index (χ0) is 16.9. The molecule has 0 aliphatic carbocycles. The number of ether oxygens (including phenoxy) is 1. The molecule has 0 radical (unpaired) electrons. The third kappa shape index (κ3) is 3.92. The number of carbonyl (C=O) groups excluding carboxylic acids is 2. The van der Waals surface area contributed by atoms with Gasteiger partial charge in [0.15, 0.2) is 5.17 Å². The van der Waals surface area contributed by atoms with Crippen molar-refractivity contribution in [2.75, 3.05) is 53.0 Å². The quantitative estimate of drug-likeness (QED) is 0.746. The van der Waals surface area contributed by atoms with Gasteiger partial charge in [-0.1, -0.05) is 11.8 Å². The second-order valence-electron chi connectivity index (χ2n) is 6.12. The number of aliphatic imine (C=N–C) groups is 1. The van der Waals surface area contributed by atoms with Crippen LogP contribution in [0.3, 0.4) is 0 Å². The first-order valence-electron chi connectivity index (χ1n) is 8.41. The number of amides is 2. The third-order valence-electron chi connectivity index (χ3n) is 4.47. The summed E-state index contributed by atoms with van der Waals surface area (Å²) in [6.45, 7) is 4.50. The lowest BCUT2D eigenvalue weighted by Crippen LogP contribution is -2.39. The summed E-state index contributed by atoms with van der Waals surface area (Å²) in [6.07, 6.45) is 2.26. The number of rotatable bonds is 4. The van der Waals surface area contributed by atoms with Crippen molar-refractivity contribution in [2.45, 2.75) is 19.3 Å². The number of fused-ring (bicyclic) bond motifs is 1. The molecule has 0 aromatic heterocycles. The van der Waals surface area contributed by atoms with Gasteiger partial charge in [-0.2, -0.15) is 0 Å². The Bertz CT molecular complexity index is 564. The highest BCUT2D eigenvalue weighted by Gasteiger charge is 2.28. The molecule has 0 saturated carbocycles. The first-order chi connectivity index (χ1) is 11.7. The molecule has 1 fully saturated rings. The molecule has 0 bridgehead atoms. The zero-order valence-electron chi connectivity index (χ0n) is 14.1. The average Bonchev–Trinajstić information content (AvgIpc) is 2.82. The van der Waals surface area contributed by atoms with Crippen LogP contribution in [0.15, 0.2) is 16.1 Å². The van der Waals surface area contributed by atoms with Crippen LogP contribution in [0.25, 0.3) is 0 Å². The Hall–Kier alpha value is -1.54. The Labute approximate surface area is 146 Å². The van der Waals surface area contributed by atoms with Crippen molar-refractivity contribution in [1.29, 1.82) is 0 Å². The Balaban J connectivity index is 1.53. The van der Waals surface area contributed by atoms with E-state index >= 15 is 0 Å². The SMILES string of the molecule is COCC(=O)N1CCCN(C(=O)CC2=CSC3=NCCCN23)CC1. The maximum atomic E-state index is 12.7. The van der Waals surface area contributed by atoms with Gasteiger partial charge in [-0.15, -0.1) is 0 Å². The number of methoxy groups -OCH3 is 1. The molecule has 0 aromatic carbocycles. The molecule has 8 heteroatoms. The number of hydrogen-bond donors (Lipinski definition) is 0. The molecule has 1 saturated heterocycles. The van der Waals surface area contributed by atoms with Gasteiger partial charge in [-0.3, -0.25) is 14.6 Å². The summed E-state index contributed by atoms with van der Waals surface area (Å²) < 4.78 is 4.91. The van der Waals surface area contributed by atoms with Crippen LogP contribution in [0.1, 0.15) is 19.3 Å². The van der Waals surface area contributed by atoms with Crippen LogP contribution < -0.4 is 0 Å². The average molecular weight is 352 g/mol. The summed E-state index contributed by atoms with van der Waals surface area (Å²) >= 11 is 1.61. The van der Waals surface area contributed by atoms with Crippen LogP contribution in [-0.4, -0.2) is 84.7 Å². The van der Waals surface area contributed by atoms with Crippen molar-refractivity contribution in [2.24, 2.45) is 4.99 Å². The van der Waals surface area contributed by atoms with Crippen molar-refractivity contribution in [3.63, 3.8) is 0 Å². The van der Waals surface area contributed by atoms with E-state index in [9.17, 15) is 9.59 Å². The van der Waals surface area contributed by atoms with Gasteiger partial charge in [0.1, 0.15) is 6.61 Å². The van der Waals surface area contributed by atoms with Crippen LogP contribution >= 0.6 is 11.8 Å². The Morgan fingerprint density at radius 2 is 1.88 bits per heavy atom. The van der Waals surface area contributed by atoms with E-state index < -0.39 is 0 Å². The van der Waals surface area contributed by atoms with Gasteiger partial charge in [0, 0.05) is 52.1 Å². The number of nitrogens with zero attached hydrogens (tertiary/aromatic N) is 4. The van der Waals surface area contributed by atoms with Gasteiger partial charge in [-0.05, 0) is 18.2 Å². The fraction of sp³-hybridized carbons (Fsp3) is 0.688. The van der Waals surface area contributed by atoms with Gasteiger partial charge in [-0.25, -0.2) is 0 Å². The molecule has 2 amide bonds. The van der Waals surface area contributed by atoms with Crippen LogP contribution in [-0.2, 0) is 14.3 Å². The summed E-state index contributed by atoms with van der Waals surface area (Å²) in [5, 5.41) is 3.07. The van der Waals surface area contributed by atoms with Gasteiger partial charge in [0.05, 0.1) is 6.42 Å². The summed E-state index contributed by atoms with van der Waals surface area (Å²) in [5.74, 6) is 0.130. The van der Waals surface area contributed by atoms with E-state index in [1.54, 1.807) is 16.7 Å². The second kappa shape index (κ2) is 8.02. The Morgan fingerprint density at radius 3 is 2.62 bits per heavy atom. The van der Waals surface area contributed by atoms with Gasteiger partial charge >= 0.3 is 0 Å². The predicted octanol–water partition coefficient (Wildman–Crippen LogP) is 0.734. The molecule has 24 heavy (non-hydrogen) atoms. The fourth-order valence-electron chi connectivity index (χ4n) is 3.17. The smallest absolute Gasteiger partial charge is 0.248 e. The highest BCUT2D eigenvalue weighted by atomic mass is 32.2. The maximum Gasteiger partial charge on any atom is 0.248 e. The number of thioether (sulfide) groups is 1. The zero-order valence-corrected chi connectivity index (χ0v) is 14.9. The Morgan fingerprint density at radius 1 is 1.12 bits per heavy atom. The lowest BCUT2D eigenvalue weighted by atomic mass is 10.2. The summed E-state index contributed by atoms with van der Waals surface area (Å²) in [5.41, 5.74) is 1.06. The predicted molar refractivity (Wildman–Crippen MR) is 93.6 cm³/mol. The van der Waals surface area contributed by atoms with Crippen molar-refractivity contribution < 1.29 is 14.3 Å². The first-order valence-corrected chi connectivity index (χ1v) is 9.29. The van der Waals surface area contributed by atoms with Crippen molar-refractivity contribution in [3.05, 3.63) is 11.1 Å². The lowest BCUT2D eigenvalue weighted by Gasteiger charge is -2.27. The molecule has 3 aliphatic heterocycles. The maximum absolute atomic E-state index is 12.7. The summed E-state index contributed by atoms with van der Waals surface area (Å²) in [6, 6.07) is 0. The highest BCUT2D eigenvalue weighted by Crippen LogP contribution is 2.30. The summed E-state index contributed by atoms with van der Waals surface area (Å²) in [7, 11) is 1.52. The van der Waals surface area contributed by atoms with E-state index in [1.807, 2.05) is 10.3 Å². The molecule has 0 spiro atoms. The lowest BCUT2D eigenvalue weighted by molar-refractivity contribution is -0.136. The van der Waals surface area contributed by atoms with E-state index in [2.05, 4.69) is 9.89 Å². The third-order valence-corrected chi connectivity index (χ3v) is 5.42. The molecule has 7 nitrogen and oxygen atoms in total. The molecule has 3 rings (SSSR count). The minimum absolute atomic E-state index is 0.00382. The number of carbonyl (C=O) groups is 2. The van der Waals surface area contributed by atoms with Crippen LogP contribution in [0.2, 0.25) is 0 Å². The number of hydrogen-bond acceptors (Lipinski definition) is 6. The van der Waals surface area contributed by atoms with E-state index in [4.69, 9.17) is 4.74 Å². The number of amidine groups is 1. The largest absolute Gasteiger partial charge is 0.375 e. The van der Waals surface area contributed by atoms with Crippen LogP contribution in [0.4, 0.5) is 0 Å². The van der Waals surface area contributed by atoms with Gasteiger partial charge in [0.2, 0.25) is 11.8 Å². The molecule has 0 N–H and O–H groups in total. The topological polar surface area (TPSA) is 65.5 Å². The van der Waals surface area contributed by atoms with Crippen molar-refractivity contribution in [1.82, 2.24) is 14.7 Å². The molecule has 0 aromatic rings. The minimum Gasteiger partial charge on any atom is -0.375 e. The van der Waals surface area contributed by atoms with Crippen LogP contribution in [0.5, 0.6) is 0 Å². The summed E-state index contributed by atoms with van der Waals surface area (Å²) in [4.78, 5) is 34.9. The monoisotopic (exact) mass is 352 g/mol. The second-order valence-corrected chi connectivity index (χ2v) is 6.96. The Kier molecular flexibility index (Phi) is 5.78. The molecular formula is C16H24N4O3S. The van der Waals surface area contributed by atoms with E-state index in [-0.39, 0.29) is 18.4 Å². The normalized spacial score (nSPS) is 21.1. The first kappa shape index (κ1) is 17.3. The van der Waals surface area contributed by atoms with E-state index in [0.717, 1.165) is 36.8 Å². The molecule has 3 heterocycles. The molecular weight excluding hydrogens is 328 g/mol. The van der Waals surface area contributed by atoms with Crippen molar-refractivity contribution >= 4 is 28.7 Å². The van der Waals surface area contributed by atoms with Gasteiger partial charge < -0.3 is 19.4 Å². The molecule has 0 unspecified atom stereocenters. The van der Waals surface area contributed by atoms with Crippen molar-refractivity contribution in [3.8, 4) is 0 Å². The minimum atomic E-state index is -0.00382. The molecule has 0 atom stereocenters. The highest BCUT2D eigenvalue weighted by molar-refractivity contribution is 8.16. The molecule has 3 aliphatic rings. The van der Waals surface area contributed by atoms with Crippen LogP contribution in [0, 0.1) is 0 Å².